The molecule has 39 heavy (non-hydrogen) atoms. The molecule has 0 saturated carbocycles. The van der Waals surface area contributed by atoms with Crippen molar-refractivity contribution in [1.29, 1.82) is 0 Å². The second kappa shape index (κ2) is 14.7. The summed E-state index contributed by atoms with van der Waals surface area (Å²) in [5, 5.41) is 18.4. The molecule has 2 aliphatic heterocycles. The number of aliphatic carboxylic acids is 1. The largest absolute Gasteiger partial charge is 0.477 e. The summed E-state index contributed by atoms with van der Waals surface area (Å²) in [7, 11) is 1.51. The summed E-state index contributed by atoms with van der Waals surface area (Å²) in [4.78, 5) is 69.9. The maximum absolute atomic E-state index is 12.9. The highest BCUT2D eigenvalue weighted by atomic mass is 32.2. The number of β-lactam (4-membered cyclic amide) rings is 1. The Hall–Kier alpha value is -2.63. The molecule has 3 heterocycles. The number of hydrogen-bond acceptors (Lipinski definition) is 11. The van der Waals surface area contributed by atoms with E-state index in [1.165, 1.54) is 40.2 Å². The zero-order chi connectivity index (χ0) is 29.4. The van der Waals surface area contributed by atoms with Crippen LogP contribution in [0.15, 0.2) is 31.0 Å². The number of H-pyrrole nitrogens is 1. The van der Waals surface area contributed by atoms with Crippen molar-refractivity contribution in [3.05, 3.63) is 32.0 Å². The second-order valence-corrected chi connectivity index (χ2v) is 11.8. The summed E-state index contributed by atoms with van der Waals surface area (Å²) in [6.07, 6.45) is 0. The molecule has 1 aromatic heterocycles. The SMILES string of the molecule is C=S.CC(C)N=C(NC(C)C)SCC(=O)NC1C(=O)N2C(C(=O)O)=C(CSc3nc(=O)c(=O)[nH]n3C)CSC12. The lowest BCUT2D eigenvalue weighted by Crippen LogP contribution is -2.70. The van der Waals surface area contributed by atoms with Crippen molar-refractivity contribution in [2.75, 3.05) is 17.3 Å². The van der Waals surface area contributed by atoms with Gasteiger partial charge in [-0.25, -0.2) is 4.79 Å². The van der Waals surface area contributed by atoms with Gasteiger partial charge in [-0.1, -0.05) is 35.7 Å². The lowest BCUT2D eigenvalue weighted by atomic mass is 10.0. The molecule has 2 atom stereocenters. The van der Waals surface area contributed by atoms with Crippen LogP contribution in [0.3, 0.4) is 0 Å². The second-order valence-electron chi connectivity index (χ2n) is 8.82. The third-order valence-electron chi connectivity index (χ3n) is 5.02. The molecule has 0 radical (unpaired) electrons. The molecule has 2 amide bonds. The van der Waals surface area contributed by atoms with E-state index in [1.54, 1.807) is 0 Å². The number of thiocarbonyl (C=S) groups is 1. The fourth-order valence-corrected chi connectivity index (χ4v) is 6.84. The minimum Gasteiger partial charge on any atom is -0.477 e. The minimum atomic E-state index is -1.26. The van der Waals surface area contributed by atoms with Crippen LogP contribution in [0.25, 0.3) is 0 Å². The molecule has 4 N–H and O–H groups in total. The van der Waals surface area contributed by atoms with Gasteiger partial charge in [0.1, 0.15) is 17.1 Å². The first-order valence-electron chi connectivity index (χ1n) is 11.6. The van der Waals surface area contributed by atoms with E-state index in [0.29, 0.717) is 16.5 Å². The number of fused-ring (bicyclic) bond motifs is 1. The molecule has 2 aliphatic rings. The van der Waals surface area contributed by atoms with Gasteiger partial charge in [0.25, 0.3) is 5.91 Å². The Bertz CT molecular complexity index is 1280. The predicted octanol–water partition coefficient (Wildman–Crippen LogP) is 0.411. The van der Waals surface area contributed by atoms with Crippen molar-refractivity contribution < 1.29 is 19.5 Å². The number of amidine groups is 1. The number of hydrogen-bond donors (Lipinski definition) is 4. The van der Waals surface area contributed by atoms with Crippen molar-refractivity contribution in [2.45, 2.75) is 56.4 Å². The average molecular weight is 618 g/mol. The van der Waals surface area contributed by atoms with Crippen LogP contribution >= 0.6 is 47.5 Å². The molecule has 2 unspecified atom stereocenters. The number of nitrogens with one attached hydrogen (secondary N) is 3. The quantitative estimate of drug-likeness (QED) is 0.0750. The number of aromatic nitrogens is 3. The van der Waals surface area contributed by atoms with Gasteiger partial charge in [0.05, 0.1) is 5.75 Å². The zero-order valence-electron chi connectivity index (χ0n) is 22.0. The molecule has 3 rings (SSSR count). The number of amides is 2. The Morgan fingerprint density at radius 3 is 2.54 bits per heavy atom. The molecule has 13 nitrogen and oxygen atoms in total. The van der Waals surface area contributed by atoms with Crippen molar-refractivity contribution in [1.82, 2.24) is 30.3 Å². The predicted molar refractivity (Wildman–Crippen MR) is 159 cm³/mol. The number of thioether (sulfide) groups is 3. The molecule has 1 saturated heterocycles. The highest BCUT2D eigenvalue weighted by Gasteiger charge is 2.54. The highest BCUT2D eigenvalue weighted by Crippen LogP contribution is 2.41. The number of nitrogens with zero attached hydrogens (tertiary/aromatic N) is 4. The number of carboxylic acid groups (broad SMARTS) is 1. The van der Waals surface area contributed by atoms with Gasteiger partial charge in [0.2, 0.25) is 5.91 Å². The number of carboxylic acids is 1. The molecular weight excluding hydrogens is 587 g/mol. The summed E-state index contributed by atoms with van der Waals surface area (Å²) in [5.74, 6) is 1.24. The van der Waals surface area contributed by atoms with E-state index >= 15 is 0 Å². The Balaban J connectivity index is 0.00000260. The third-order valence-corrected chi connectivity index (χ3v) is 8.38. The number of aryl methyl sites for hydroxylation is 1. The van der Waals surface area contributed by atoms with Gasteiger partial charge in [-0.05, 0) is 39.1 Å². The number of rotatable bonds is 9. The third kappa shape index (κ3) is 8.43. The summed E-state index contributed by atoms with van der Waals surface area (Å²) in [6, 6.07) is -0.630. The van der Waals surface area contributed by atoms with E-state index in [0.717, 1.165) is 11.8 Å². The van der Waals surface area contributed by atoms with Gasteiger partial charge in [-0.3, -0.25) is 38.9 Å². The molecule has 214 valence electrons. The Morgan fingerprint density at radius 2 is 1.95 bits per heavy atom. The van der Waals surface area contributed by atoms with Crippen LogP contribution in [0.1, 0.15) is 27.7 Å². The standard InChI is InChI=1S/C21H29N7O6S3.CH2S/c1-9(2)22-20(23-10(3)4)36-8-12(29)24-13-17(32)28-14(19(33)34)11(6-35-18(13)28)7-37-21-25-15(30)16(31)26-27(21)5;1-2/h9-10,13,18H,6-8H2,1-5H3,(H,22,23)(H,24,29)(H,26,31)(H,33,34);1H2. The zero-order valence-corrected chi connectivity index (χ0v) is 25.3. The van der Waals surface area contributed by atoms with Gasteiger partial charge >= 0.3 is 17.1 Å². The number of carbonyl (C=O) groups excluding carboxylic acids is 2. The molecule has 0 aliphatic carbocycles. The molecule has 0 spiro atoms. The fourth-order valence-electron chi connectivity index (χ4n) is 3.48. The molecule has 0 bridgehead atoms. The molecular formula is C22H31N7O6S4. The van der Waals surface area contributed by atoms with Gasteiger partial charge in [-0.15, -0.1) is 11.8 Å². The van der Waals surface area contributed by atoms with Gasteiger partial charge in [0.15, 0.2) is 10.3 Å². The van der Waals surface area contributed by atoms with Crippen molar-refractivity contribution >= 4 is 76.3 Å². The van der Waals surface area contributed by atoms with Crippen molar-refractivity contribution in [3.63, 3.8) is 0 Å². The Morgan fingerprint density at radius 1 is 1.28 bits per heavy atom. The van der Waals surface area contributed by atoms with Crippen LogP contribution in [0, 0.1) is 0 Å². The van der Waals surface area contributed by atoms with Gasteiger partial charge < -0.3 is 15.7 Å². The summed E-state index contributed by atoms with van der Waals surface area (Å²) >= 11 is 7.50. The van der Waals surface area contributed by atoms with Crippen LogP contribution < -0.4 is 21.8 Å². The van der Waals surface area contributed by atoms with Crippen LogP contribution in [0.5, 0.6) is 0 Å². The number of aromatic amines is 1. The maximum atomic E-state index is 12.9. The summed E-state index contributed by atoms with van der Waals surface area (Å²) in [5.41, 5.74) is -1.46. The topological polar surface area (TPSA) is 179 Å². The Kier molecular flexibility index (Phi) is 12.3. The van der Waals surface area contributed by atoms with Crippen LogP contribution in [-0.4, -0.2) is 94.4 Å². The van der Waals surface area contributed by atoms with E-state index in [1.807, 2.05) is 27.7 Å². The van der Waals surface area contributed by atoms with Crippen LogP contribution in [0.4, 0.5) is 0 Å². The van der Waals surface area contributed by atoms with E-state index in [-0.39, 0.29) is 40.4 Å². The monoisotopic (exact) mass is 617 g/mol. The van der Waals surface area contributed by atoms with Gasteiger partial charge in [0, 0.05) is 30.6 Å². The van der Waals surface area contributed by atoms with Crippen LogP contribution in [-0.2, 0) is 21.4 Å². The average Bonchev–Trinajstić information content (AvgIpc) is 2.87. The smallest absolute Gasteiger partial charge is 0.352 e. The van der Waals surface area contributed by atoms with E-state index < -0.39 is 34.4 Å². The first-order chi connectivity index (χ1) is 18.4. The summed E-state index contributed by atoms with van der Waals surface area (Å²) < 4.78 is 1.28. The maximum Gasteiger partial charge on any atom is 0.352 e. The Labute approximate surface area is 243 Å². The molecule has 0 aromatic carbocycles. The van der Waals surface area contributed by atoms with Crippen LogP contribution in [0.2, 0.25) is 0 Å². The molecule has 17 heteroatoms. The number of aliphatic imine (C=N–C) groups is 1. The first kappa shape index (κ1) is 32.6. The fraction of sp³-hybridized carbons (Fsp3) is 0.545. The van der Waals surface area contributed by atoms with Gasteiger partial charge in [-0.2, -0.15) is 4.98 Å². The van der Waals surface area contributed by atoms with Crippen molar-refractivity contribution in [3.8, 4) is 0 Å². The normalized spacial score (nSPS) is 18.8. The lowest BCUT2D eigenvalue weighted by molar-refractivity contribution is -0.150. The minimum absolute atomic E-state index is 0.0515. The number of carbonyl (C=O) groups is 3. The first-order valence-corrected chi connectivity index (χ1v) is 15.2. The molecule has 1 fully saturated rings. The van der Waals surface area contributed by atoms with E-state index in [2.05, 4.69) is 43.8 Å². The van der Waals surface area contributed by atoms with E-state index in [9.17, 15) is 29.1 Å². The summed E-state index contributed by atoms with van der Waals surface area (Å²) in [6.45, 7) is 7.81. The molecule has 1 aromatic rings. The van der Waals surface area contributed by atoms with E-state index in [4.69, 9.17) is 0 Å². The lowest BCUT2D eigenvalue weighted by Gasteiger charge is -2.49. The van der Waals surface area contributed by atoms with Crippen molar-refractivity contribution in [2.24, 2.45) is 12.0 Å². The highest BCUT2D eigenvalue weighted by molar-refractivity contribution is 8.14.